The van der Waals surface area contributed by atoms with Crippen molar-refractivity contribution >= 4 is 18.1 Å². The Bertz CT molecular complexity index is 1650. The topological polar surface area (TPSA) is 179 Å². The number of alkyl carbamates (subject to hydrolysis) is 2. The number of hydrogen-bond donors (Lipinski definition) is 4. The maximum Gasteiger partial charge on any atom is 0.407 e. The first-order valence-electron chi connectivity index (χ1n) is 17.9. The number of nitrogens with one attached hydrogen (secondary N) is 3. The van der Waals surface area contributed by atoms with Gasteiger partial charge in [-0.15, -0.1) is 0 Å². The quantitative estimate of drug-likeness (QED) is 0.156. The first-order chi connectivity index (χ1) is 25.9. The van der Waals surface area contributed by atoms with Crippen LogP contribution in [0, 0.1) is 11.3 Å². The summed E-state index contributed by atoms with van der Waals surface area (Å²) >= 11 is 0. The van der Waals surface area contributed by atoms with Gasteiger partial charge in [-0.3, -0.25) is 15.2 Å². The molecule has 6 atom stereocenters. The molecule has 1 aromatic heterocycles. The molecule has 0 bridgehead atoms. The fourth-order valence-electron chi connectivity index (χ4n) is 6.30. The van der Waals surface area contributed by atoms with Gasteiger partial charge in [0.15, 0.2) is 6.29 Å². The number of pyridine rings is 1. The van der Waals surface area contributed by atoms with E-state index in [0.29, 0.717) is 31.1 Å². The fraction of sp³-hybridized carbons (Fsp3) is 0.487. The number of hydrogen-bond acceptors (Lipinski definition) is 12. The van der Waals surface area contributed by atoms with Gasteiger partial charge < -0.3 is 44.2 Å². The lowest BCUT2D eigenvalue weighted by Gasteiger charge is -2.34. The lowest BCUT2D eigenvalue weighted by molar-refractivity contribution is -0.131. The molecule has 4 N–H and O–H groups in total. The van der Waals surface area contributed by atoms with Crippen LogP contribution in [-0.2, 0) is 43.3 Å². The summed E-state index contributed by atoms with van der Waals surface area (Å²) < 4.78 is 33.0. The van der Waals surface area contributed by atoms with Crippen molar-refractivity contribution in [1.29, 1.82) is 0 Å². The molecule has 3 aromatic rings. The molecule has 6 unspecified atom stereocenters. The van der Waals surface area contributed by atoms with E-state index in [9.17, 15) is 19.5 Å². The summed E-state index contributed by atoms with van der Waals surface area (Å²) in [5.74, 6) is 0.723. The van der Waals surface area contributed by atoms with Crippen molar-refractivity contribution < 1.29 is 47.9 Å². The second kappa shape index (κ2) is 18.9. The van der Waals surface area contributed by atoms with Gasteiger partial charge in [0.2, 0.25) is 0 Å². The van der Waals surface area contributed by atoms with E-state index in [1.54, 1.807) is 36.6 Å². The van der Waals surface area contributed by atoms with E-state index < -0.39 is 54.1 Å². The normalized spacial score (nSPS) is 19.6. The van der Waals surface area contributed by atoms with Crippen LogP contribution in [0.15, 0.2) is 73.1 Å². The molecule has 0 aliphatic carbocycles. The molecule has 2 aromatic carbocycles. The molecule has 15 nitrogen and oxygen atoms in total. The van der Waals surface area contributed by atoms with Gasteiger partial charge >= 0.3 is 12.2 Å². The summed E-state index contributed by atoms with van der Waals surface area (Å²) in [6.07, 6.45) is 0.791. The van der Waals surface area contributed by atoms with Crippen LogP contribution >= 0.6 is 0 Å². The largest absolute Gasteiger partial charge is 0.497 e. The molecule has 2 aliphatic heterocycles. The van der Waals surface area contributed by atoms with Gasteiger partial charge in [0.25, 0.3) is 5.91 Å². The molecular weight excluding hydrogens is 698 g/mol. The van der Waals surface area contributed by atoms with Crippen molar-refractivity contribution in [2.24, 2.45) is 11.3 Å². The number of aliphatic hydroxyl groups is 1. The minimum absolute atomic E-state index is 0.0618. The molecule has 3 amide bonds. The van der Waals surface area contributed by atoms with Crippen LogP contribution in [0.5, 0.6) is 11.5 Å². The predicted molar refractivity (Wildman–Crippen MR) is 196 cm³/mol. The maximum atomic E-state index is 13.8. The van der Waals surface area contributed by atoms with Gasteiger partial charge in [-0.2, -0.15) is 0 Å². The van der Waals surface area contributed by atoms with Crippen LogP contribution < -0.4 is 25.5 Å². The van der Waals surface area contributed by atoms with E-state index in [1.165, 1.54) is 7.11 Å². The molecule has 0 radical (unpaired) electrons. The summed E-state index contributed by atoms with van der Waals surface area (Å²) in [7, 11) is 2.80. The van der Waals surface area contributed by atoms with Crippen molar-refractivity contribution in [3.63, 3.8) is 0 Å². The van der Waals surface area contributed by atoms with Crippen LogP contribution in [0.2, 0.25) is 0 Å². The zero-order valence-electron chi connectivity index (χ0n) is 31.4. The Morgan fingerprint density at radius 1 is 0.907 bits per heavy atom. The number of aromatic nitrogens is 1. The Kier molecular flexibility index (Phi) is 14.1. The van der Waals surface area contributed by atoms with Gasteiger partial charge in [0.05, 0.1) is 45.5 Å². The molecular formula is C39H51N5O10. The van der Waals surface area contributed by atoms with Gasteiger partial charge in [0.1, 0.15) is 30.3 Å². The second-order valence-corrected chi connectivity index (χ2v) is 14.4. The summed E-state index contributed by atoms with van der Waals surface area (Å²) in [6, 6.07) is 16.6. The highest BCUT2D eigenvalue weighted by atomic mass is 16.7. The molecule has 0 spiro atoms. The number of carbonyl (C=O) groups is 3. The predicted octanol–water partition coefficient (Wildman–Crippen LogP) is 3.73. The third-order valence-electron chi connectivity index (χ3n) is 9.33. The number of amides is 3. The third-order valence-corrected chi connectivity index (χ3v) is 9.33. The standard InChI is InChI=1S/C39H51N5O10/c1-39(2,3)34(42-37(47)50-5)35(46)43-44(21-26-8-12-29(13-9-26)52-23-27-14-17-40-18-15-27)22-32(45)31(20-25-6-10-28(49-4)11-7-25)41-38(48)54-33-24-53-36-30(33)16-19-51-36/h6-15,17-18,30-34,36,45H,16,19-24H2,1-5H3,(H,41,48)(H,42,47)(H,43,46). The van der Waals surface area contributed by atoms with Crippen LogP contribution in [0.25, 0.3) is 0 Å². The summed E-state index contributed by atoms with van der Waals surface area (Å²) in [5, 5.41) is 18.9. The Morgan fingerprint density at radius 2 is 1.59 bits per heavy atom. The lowest BCUT2D eigenvalue weighted by Crippen LogP contribution is -2.59. The van der Waals surface area contributed by atoms with Crippen molar-refractivity contribution in [2.45, 2.75) is 77.3 Å². The molecule has 15 heteroatoms. The number of rotatable bonds is 16. The molecule has 292 valence electrons. The fourth-order valence-corrected chi connectivity index (χ4v) is 6.30. The molecule has 2 aliphatic rings. The Hall–Kier alpha value is -4.96. The zero-order valence-corrected chi connectivity index (χ0v) is 31.4. The van der Waals surface area contributed by atoms with Crippen molar-refractivity contribution in [3.8, 4) is 11.5 Å². The Balaban J connectivity index is 1.34. The zero-order chi connectivity index (χ0) is 38.7. The SMILES string of the molecule is COC(=O)NC(C(=O)NN(Cc1ccc(OCc2ccncc2)cc1)CC(O)C(Cc1ccc(OC)cc1)NC(=O)OC1COC2OCCC12)C(C)(C)C. The second-order valence-electron chi connectivity index (χ2n) is 14.4. The van der Waals surface area contributed by atoms with Gasteiger partial charge in [-0.25, -0.2) is 14.6 Å². The van der Waals surface area contributed by atoms with Gasteiger partial charge in [-0.1, -0.05) is 45.0 Å². The maximum absolute atomic E-state index is 13.8. The number of fused-ring (bicyclic) bond motifs is 1. The number of carbonyl (C=O) groups excluding carboxylic acids is 3. The summed E-state index contributed by atoms with van der Waals surface area (Å²) in [4.78, 5) is 43.4. The Morgan fingerprint density at radius 3 is 2.26 bits per heavy atom. The number of nitrogens with zero attached hydrogens (tertiary/aromatic N) is 2. The van der Waals surface area contributed by atoms with E-state index in [1.807, 2.05) is 69.3 Å². The van der Waals surface area contributed by atoms with Crippen LogP contribution in [0.4, 0.5) is 9.59 Å². The minimum atomic E-state index is -1.22. The first-order valence-corrected chi connectivity index (χ1v) is 17.9. The average molecular weight is 750 g/mol. The van der Waals surface area contributed by atoms with Crippen LogP contribution in [0.1, 0.15) is 43.9 Å². The van der Waals surface area contributed by atoms with E-state index >= 15 is 0 Å². The van der Waals surface area contributed by atoms with Crippen molar-refractivity contribution in [2.75, 3.05) is 34.0 Å². The highest BCUT2D eigenvalue weighted by Gasteiger charge is 2.44. The third kappa shape index (κ3) is 11.5. The molecule has 2 saturated heterocycles. The average Bonchev–Trinajstić information content (AvgIpc) is 3.78. The summed E-state index contributed by atoms with van der Waals surface area (Å²) in [5.41, 5.74) is 4.78. The molecule has 2 fully saturated rings. The van der Waals surface area contributed by atoms with Crippen LogP contribution in [-0.4, -0.2) is 97.8 Å². The number of methoxy groups -OCH3 is 2. The molecule has 3 heterocycles. The number of aliphatic hydroxyl groups excluding tert-OH is 1. The van der Waals surface area contributed by atoms with Crippen LogP contribution in [0.3, 0.4) is 0 Å². The van der Waals surface area contributed by atoms with Crippen molar-refractivity contribution in [1.82, 2.24) is 26.1 Å². The smallest absolute Gasteiger partial charge is 0.407 e. The van der Waals surface area contributed by atoms with Crippen molar-refractivity contribution in [3.05, 3.63) is 89.7 Å². The lowest BCUT2D eigenvalue weighted by atomic mass is 9.86. The summed E-state index contributed by atoms with van der Waals surface area (Å²) in [6.45, 7) is 6.59. The Labute approximate surface area is 315 Å². The number of benzene rings is 2. The van der Waals surface area contributed by atoms with E-state index in [0.717, 1.165) is 16.7 Å². The highest BCUT2D eigenvalue weighted by molar-refractivity contribution is 5.86. The highest BCUT2D eigenvalue weighted by Crippen LogP contribution is 2.33. The number of hydrazine groups is 1. The van der Waals surface area contributed by atoms with E-state index in [4.69, 9.17) is 28.4 Å². The monoisotopic (exact) mass is 749 g/mol. The first kappa shape index (κ1) is 40.2. The molecule has 5 rings (SSSR count). The molecule has 0 saturated carbocycles. The number of ether oxygens (including phenoxy) is 6. The van der Waals surface area contributed by atoms with Gasteiger partial charge in [0, 0.05) is 25.5 Å². The van der Waals surface area contributed by atoms with E-state index in [2.05, 4.69) is 21.0 Å². The minimum Gasteiger partial charge on any atom is -0.497 e. The molecule has 54 heavy (non-hydrogen) atoms. The van der Waals surface area contributed by atoms with E-state index in [-0.39, 0.29) is 32.0 Å². The van der Waals surface area contributed by atoms with Gasteiger partial charge in [-0.05, 0) is 71.3 Å².